The van der Waals surface area contributed by atoms with Crippen LogP contribution in [0, 0.1) is 6.92 Å². The highest BCUT2D eigenvalue weighted by Gasteiger charge is 2.30. The molecule has 0 radical (unpaired) electrons. The molecule has 1 heterocycles. The Labute approximate surface area is 154 Å². The smallest absolute Gasteiger partial charge is 0.416 e. The Morgan fingerprint density at radius 2 is 1.93 bits per heavy atom. The normalized spacial score (nSPS) is 11.7. The van der Waals surface area contributed by atoms with Gasteiger partial charge in [-0.15, -0.1) is 0 Å². The molecule has 0 atom stereocenters. The zero-order valence-electron chi connectivity index (χ0n) is 14.8. The maximum absolute atomic E-state index is 12.7. The number of alkyl halides is 3. The minimum Gasteiger partial charge on any atom is -0.494 e. The largest absolute Gasteiger partial charge is 0.494 e. The summed E-state index contributed by atoms with van der Waals surface area (Å²) >= 11 is 0. The van der Waals surface area contributed by atoms with Gasteiger partial charge in [0.15, 0.2) is 0 Å². The molecule has 142 valence electrons. The predicted octanol–water partition coefficient (Wildman–Crippen LogP) is 4.58. The zero-order chi connectivity index (χ0) is 19.4. The van der Waals surface area contributed by atoms with Crippen LogP contribution in [0.3, 0.4) is 0 Å². The monoisotopic (exact) mass is 376 g/mol. The van der Waals surface area contributed by atoms with E-state index in [1.165, 1.54) is 18.5 Å². The minimum atomic E-state index is -4.39. The summed E-state index contributed by atoms with van der Waals surface area (Å²) in [6, 6.07) is 10.4. The van der Waals surface area contributed by atoms with Crippen molar-refractivity contribution in [3.05, 3.63) is 70.3 Å². The number of benzene rings is 2. The zero-order valence-corrected chi connectivity index (χ0v) is 14.8. The topological polar surface area (TPSA) is 44.1 Å². The van der Waals surface area contributed by atoms with Gasteiger partial charge in [-0.3, -0.25) is 9.36 Å². The Kier molecular flexibility index (Phi) is 5.48. The van der Waals surface area contributed by atoms with Crippen molar-refractivity contribution in [2.45, 2.75) is 32.5 Å². The third-order valence-corrected chi connectivity index (χ3v) is 4.20. The van der Waals surface area contributed by atoms with Gasteiger partial charge in [0.25, 0.3) is 5.56 Å². The Bertz CT molecular complexity index is 996. The molecule has 0 saturated carbocycles. The van der Waals surface area contributed by atoms with Gasteiger partial charge in [0.1, 0.15) is 5.75 Å². The van der Waals surface area contributed by atoms with Crippen molar-refractivity contribution < 1.29 is 17.9 Å². The van der Waals surface area contributed by atoms with Crippen molar-refractivity contribution in [3.63, 3.8) is 0 Å². The van der Waals surface area contributed by atoms with Crippen LogP contribution in [0.1, 0.15) is 24.0 Å². The van der Waals surface area contributed by atoms with Crippen LogP contribution in [0.15, 0.2) is 53.6 Å². The molecule has 0 spiro atoms. The Morgan fingerprint density at radius 1 is 1.11 bits per heavy atom. The first kappa shape index (κ1) is 18.9. The molecule has 0 saturated heterocycles. The molecule has 4 nitrogen and oxygen atoms in total. The van der Waals surface area contributed by atoms with Crippen LogP contribution in [-0.4, -0.2) is 16.2 Å². The van der Waals surface area contributed by atoms with Crippen LogP contribution < -0.4 is 10.3 Å². The van der Waals surface area contributed by atoms with Crippen molar-refractivity contribution in [2.75, 3.05) is 6.61 Å². The summed E-state index contributed by atoms with van der Waals surface area (Å²) in [6.07, 6.45) is -1.61. The molecule has 3 aromatic rings. The number of hydrogen-bond donors (Lipinski definition) is 0. The maximum atomic E-state index is 12.7. The SMILES string of the molecule is Cc1ccc2ncn(CCCCOc3cccc(C(F)(F)F)c3)c(=O)c2c1. The molecule has 0 amide bonds. The molecule has 0 bridgehead atoms. The van der Waals surface area contributed by atoms with E-state index in [-0.39, 0.29) is 17.9 Å². The van der Waals surface area contributed by atoms with E-state index in [9.17, 15) is 18.0 Å². The van der Waals surface area contributed by atoms with Crippen LogP contribution in [0.2, 0.25) is 0 Å². The molecule has 0 N–H and O–H groups in total. The summed E-state index contributed by atoms with van der Waals surface area (Å²) in [4.78, 5) is 16.8. The number of halogens is 3. The molecule has 0 aliphatic carbocycles. The maximum Gasteiger partial charge on any atom is 0.416 e. The summed E-state index contributed by atoms with van der Waals surface area (Å²) in [7, 11) is 0. The average molecular weight is 376 g/mol. The van der Waals surface area contributed by atoms with Crippen molar-refractivity contribution in [2.24, 2.45) is 0 Å². The molecule has 0 aliphatic heterocycles. The predicted molar refractivity (Wildman–Crippen MR) is 96.9 cm³/mol. The van der Waals surface area contributed by atoms with Crippen molar-refractivity contribution in [1.29, 1.82) is 0 Å². The second-order valence-electron chi connectivity index (χ2n) is 6.34. The fraction of sp³-hybridized carbons (Fsp3) is 0.300. The van der Waals surface area contributed by atoms with Crippen LogP contribution in [0.5, 0.6) is 5.75 Å². The van der Waals surface area contributed by atoms with E-state index >= 15 is 0 Å². The highest BCUT2D eigenvalue weighted by molar-refractivity contribution is 5.77. The number of nitrogens with zero attached hydrogens (tertiary/aromatic N) is 2. The number of unbranched alkanes of at least 4 members (excludes halogenated alkanes) is 1. The van der Waals surface area contributed by atoms with Crippen molar-refractivity contribution in [1.82, 2.24) is 9.55 Å². The highest BCUT2D eigenvalue weighted by atomic mass is 19.4. The number of hydrogen-bond acceptors (Lipinski definition) is 3. The number of aryl methyl sites for hydroxylation is 2. The van der Waals surface area contributed by atoms with Crippen LogP contribution in [-0.2, 0) is 12.7 Å². The molecule has 0 fully saturated rings. The van der Waals surface area contributed by atoms with Crippen LogP contribution in [0.4, 0.5) is 13.2 Å². The van der Waals surface area contributed by atoms with E-state index in [2.05, 4.69) is 4.98 Å². The lowest BCUT2D eigenvalue weighted by atomic mass is 10.2. The minimum absolute atomic E-state index is 0.0949. The molecular formula is C20H19F3N2O2. The molecule has 0 aliphatic rings. The van der Waals surface area contributed by atoms with Crippen molar-refractivity contribution in [3.8, 4) is 5.75 Å². The summed E-state index contributed by atoms with van der Waals surface area (Å²) in [5.41, 5.74) is 0.829. The third-order valence-electron chi connectivity index (χ3n) is 4.20. The number of ether oxygens (including phenoxy) is 1. The first-order valence-corrected chi connectivity index (χ1v) is 8.60. The highest BCUT2D eigenvalue weighted by Crippen LogP contribution is 2.31. The number of fused-ring (bicyclic) bond motifs is 1. The van der Waals surface area contributed by atoms with E-state index in [4.69, 9.17) is 4.74 Å². The van der Waals surface area contributed by atoms with Gasteiger partial charge >= 0.3 is 6.18 Å². The van der Waals surface area contributed by atoms with Gasteiger partial charge < -0.3 is 4.74 Å². The van der Waals surface area contributed by atoms with E-state index < -0.39 is 11.7 Å². The van der Waals surface area contributed by atoms with Gasteiger partial charge in [-0.1, -0.05) is 17.7 Å². The van der Waals surface area contributed by atoms with Crippen molar-refractivity contribution >= 4 is 10.9 Å². The second-order valence-corrected chi connectivity index (χ2v) is 6.34. The third kappa shape index (κ3) is 4.67. The lowest BCUT2D eigenvalue weighted by Gasteiger charge is -2.10. The first-order chi connectivity index (χ1) is 12.8. The molecule has 2 aromatic carbocycles. The standard InChI is InChI=1S/C20H19F3N2O2/c1-14-7-8-18-17(11-14)19(26)25(13-24-18)9-2-3-10-27-16-6-4-5-15(12-16)20(21,22)23/h4-8,11-13H,2-3,9-10H2,1H3. The fourth-order valence-corrected chi connectivity index (χ4v) is 2.77. The summed E-state index contributed by atoms with van der Waals surface area (Å²) in [5.74, 6) is 0.185. The Balaban J connectivity index is 1.55. The average Bonchev–Trinajstić information content (AvgIpc) is 2.63. The molecule has 7 heteroatoms. The second kappa shape index (κ2) is 7.82. The first-order valence-electron chi connectivity index (χ1n) is 8.60. The molecule has 0 unspecified atom stereocenters. The summed E-state index contributed by atoms with van der Waals surface area (Å²) < 4.78 is 45.0. The van der Waals surface area contributed by atoms with Gasteiger partial charge in [-0.05, 0) is 50.1 Å². The van der Waals surface area contributed by atoms with Gasteiger partial charge in [-0.25, -0.2) is 4.98 Å². The fourth-order valence-electron chi connectivity index (χ4n) is 2.77. The van der Waals surface area contributed by atoms with Gasteiger partial charge in [0.2, 0.25) is 0 Å². The number of rotatable bonds is 6. The molecule has 27 heavy (non-hydrogen) atoms. The molecule has 3 rings (SSSR count). The summed E-state index contributed by atoms with van der Waals surface area (Å²) in [6.45, 7) is 2.67. The van der Waals surface area contributed by atoms with Crippen LogP contribution >= 0.6 is 0 Å². The molecule has 1 aromatic heterocycles. The Morgan fingerprint density at radius 3 is 2.70 bits per heavy atom. The van der Waals surface area contributed by atoms with E-state index in [0.717, 1.165) is 17.7 Å². The quantitative estimate of drug-likeness (QED) is 0.592. The van der Waals surface area contributed by atoms with Gasteiger partial charge in [-0.2, -0.15) is 13.2 Å². The van der Waals surface area contributed by atoms with E-state index in [1.54, 1.807) is 4.57 Å². The van der Waals surface area contributed by atoms with Gasteiger partial charge in [0.05, 0.1) is 29.4 Å². The van der Waals surface area contributed by atoms with Gasteiger partial charge in [0, 0.05) is 6.54 Å². The van der Waals surface area contributed by atoms with E-state index in [1.807, 2.05) is 25.1 Å². The number of aromatic nitrogens is 2. The lowest BCUT2D eigenvalue weighted by molar-refractivity contribution is -0.137. The van der Waals surface area contributed by atoms with Crippen LogP contribution in [0.25, 0.3) is 10.9 Å². The summed E-state index contributed by atoms with van der Waals surface area (Å²) in [5, 5.41) is 0.581. The molecular weight excluding hydrogens is 357 g/mol. The Hall–Kier alpha value is -2.83. The van der Waals surface area contributed by atoms with E-state index in [0.29, 0.717) is 30.3 Å². The lowest BCUT2D eigenvalue weighted by Crippen LogP contribution is -2.21.